The Morgan fingerprint density at radius 1 is 1.16 bits per heavy atom. The van der Waals surface area contributed by atoms with Gasteiger partial charge in [-0.3, -0.25) is 4.79 Å². The molecule has 1 aliphatic rings. The molecule has 1 aromatic carbocycles. The zero-order valence-electron chi connectivity index (χ0n) is 19.0. The van der Waals surface area contributed by atoms with E-state index in [1.54, 1.807) is 12.1 Å². The number of hydrogen-bond acceptors (Lipinski definition) is 6. The quantitative estimate of drug-likeness (QED) is 0.536. The van der Waals surface area contributed by atoms with Crippen LogP contribution in [0.2, 0.25) is 0 Å². The maximum atomic E-state index is 13.2. The average molecular weight is 456 g/mol. The summed E-state index contributed by atoms with van der Waals surface area (Å²) in [5, 5.41) is -0.0838. The highest BCUT2D eigenvalue weighted by Crippen LogP contribution is 2.31. The maximum Gasteiger partial charge on any atom is 0.223 e. The van der Waals surface area contributed by atoms with Gasteiger partial charge < -0.3 is 9.30 Å². The van der Waals surface area contributed by atoms with E-state index >= 15 is 0 Å². The normalized spacial score (nSPS) is 15.9. The minimum Gasteiger partial charge on any atom is -0.381 e. The first-order chi connectivity index (χ1) is 15.1. The maximum absolute atomic E-state index is 13.2. The third-order valence-electron chi connectivity index (χ3n) is 5.90. The number of imidazole rings is 1. The molecule has 0 unspecified atom stereocenters. The molecule has 0 N–H and O–H groups in total. The molecule has 1 aliphatic heterocycles. The van der Waals surface area contributed by atoms with Gasteiger partial charge in [-0.05, 0) is 56.0 Å². The van der Waals surface area contributed by atoms with E-state index in [0.29, 0.717) is 17.0 Å². The van der Waals surface area contributed by atoms with Crippen LogP contribution in [0, 0.1) is 5.92 Å². The average Bonchev–Trinajstić information content (AvgIpc) is 3.13. The number of fused-ring (bicyclic) bond motifs is 1. The van der Waals surface area contributed by atoms with Crippen molar-refractivity contribution in [1.82, 2.24) is 14.5 Å². The number of hydrogen-bond donors (Lipinski definition) is 0. The van der Waals surface area contributed by atoms with E-state index in [-0.39, 0.29) is 21.1 Å². The van der Waals surface area contributed by atoms with Crippen molar-refractivity contribution in [2.75, 3.05) is 13.2 Å². The van der Waals surface area contributed by atoms with Crippen molar-refractivity contribution >= 4 is 26.7 Å². The lowest BCUT2D eigenvalue weighted by Crippen LogP contribution is -2.25. The molecule has 1 saturated heterocycles. The van der Waals surface area contributed by atoms with E-state index in [9.17, 15) is 13.2 Å². The monoisotopic (exact) mass is 455 g/mol. The number of Topliss-reactive ketones (excluding diaryl/α,β-unsaturated/α-hetero) is 1. The van der Waals surface area contributed by atoms with Gasteiger partial charge in [0.1, 0.15) is 5.82 Å². The highest BCUT2D eigenvalue weighted by molar-refractivity contribution is 7.91. The Labute approximate surface area is 188 Å². The van der Waals surface area contributed by atoms with Gasteiger partial charge in [0.25, 0.3) is 0 Å². The van der Waals surface area contributed by atoms with Gasteiger partial charge in [-0.1, -0.05) is 20.8 Å². The summed E-state index contributed by atoms with van der Waals surface area (Å²) in [6.07, 6.45) is 3.32. The minimum atomic E-state index is -3.83. The van der Waals surface area contributed by atoms with Gasteiger partial charge in [0.15, 0.2) is 10.8 Å². The van der Waals surface area contributed by atoms with Crippen molar-refractivity contribution in [1.29, 1.82) is 0 Å². The smallest absolute Gasteiger partial charge is 0.223 e. The van der Waals surface area contributed by atoms with Gasteiger partial charge in [-0.2, -0.15) is 0 Å². The van der Waals surface area contributed by atoms with Crippen molar-refractivity contribution in [3.63, 3.8) is 0 Å². The topological polar surface area (TPSA) is 91.2 Å². The van der Waals surface area contributed by atoms with E-state index in [0.717, 1.165) is 43.9 Å². The lowest BCUT2D eigenvalue weighted by molar-refractivity contribution is 0.0611. The molecule has 32 heavy (non-hydrogen) atoms. The fourth-order valence-electron chi connectivity index (χ4n) is 4.09. The number of carbonyl (C=O) groups excluding carboxylic acids is 1. The Morgan fingerprint density at radius 2 is 1.88 bits per heavy atom. The number of ether oxygens (including phenoxy) is 1. The SMILES string of the molecule is CC(=O)c1ccc(S(=O)(=O)c2ccc3c(c2)nc(C(C)(C)C)n3CC2CCOCC2)nc1. The van der Waals surface area contributed by atoms with Crippen LogP contribution in [0.15, 0.2) is 46.5 Å². The highest BCUT2D eigenvalue weighted by atomic mass is 32.2. The van der Waals surface area contributed by atoms with Crippen LogP contribution in [0.5, 0.6) is 0 Å². The van der Waals surface area contributed by atoms with Gasteiger partial charge in [-0.15, -0.1) is 0 Å². The molecule has 0 amide bonds. The largest absolute Gasteiger partial charge is 0.381 e. The summed E-state index contributed by atoms with van der Waals surface area (Å²) in [6.45, 7) is 10.2. The van der Waals surface area contributed by atoms with Crippen molar-refractivity contribution in [3.8, 4) is 0 Å². The summed E-state index contributed by atoms with van der Waals surface area (Å²) in [6, 6.07) is 7.95. The fraction of sp³-hybridized carbons (Fsp3) is 0.458. The minimum absolute atomic E-state index is 0.0838. The molecule has 2 aromatic heterocycles. The molecule has 7 nitrogen and oxygen atoms in total. The van der Waals surface area contributed by atoms with Crippen molar-refractivity contribution in [3.05, 3.63) is 47.9 Å². The Balaban J connectivity index is 1.76. The number of nitrogens with zero attached hydrogens (tertiary/aromatic N) is 3. The molecule has 0 bridgehead atoms. The summed E-state index contributed by atoms with van der Waals surface area (Å²) < 4.78 is 34.1. The number of rotatable bonds is 5. The summed E-state index contributed by atoms with van der Waals surface area (Å²) in [5.74, 6) is 1.29. The summed E-state index contributed by atoms with van der Waals surface area (Å²) in [5.41, 5.74) is 1.78. The van der Waals surface area contributed by atoms with E-state index in [4.69, 9.17) is 9.72 Å². The third-order valence-corrected chi connectivity index (χ3v) is 7.57. The third kappa shape index (κ3) is 4.34. The number of pyridine rings is 1. The zero-order chi connectivity index (χ0) is 23.1. The van der Waals surface area contributed by atoms with Crippen LogP contribution in [-0.2, 0) is 26.5 Å². The first kappa shape index (κ1) is 22.6. The van der Waals surface area contributed by atoms with E-state index in [2.05, 4.69) is 30.3 Å². The Morgan fingerprint density at radius 3 is 2.47 bits per heavy atom. The predicted octanol–water partition coefficient (Wildman–Crippen LogP) is 4.19. The molecule has 0 atom stereocenters. The summed E-state index contributed by atoms with van der Waals surface area (Å²) in [7, 11) is -3.83. The summed E-state index contributed by atoms with van der Waals surface area (Å²) >= 11 is 0. The van der Waals surface area contributed by atoms with Crippen LogP contribution in [0.3, 0.4) is 0 Å². The van der Waals surface area contributed by atoms with Gasteiger partial charge in [-0.25, -0.2) is 18.4 Å². The van der Waals surface area contributed by atoms with Gasteiger partial charge in [0.05, 0.1) is 15.9 Å². The van der Waals surface area contributed by atoms with Crippen LogP contribution in [0.25, 0.3) is 11.0 Å². The number of benzene rings is 1. The van der Waals surface area contributed by atoms with E-state index < -0.39 is 9.84 Å². The molecule has 0 spiro atoms. The molecule has 0 radical (unpaired) electrons. The molecule has 1 fully saturated rings. The van der Waals surface area contributed by atoms with Crippen LogP contribution < -0.4 is 0 Å². The molecular weight excluding hydrogens is 426 g/mol. The van der Waals surface area contributed by atoms with Gasteiger partial charge in [0, 0.05) is 36.9 Å². The van der Waals surface area contributed by atoms with Crippen molar-refractivity contribution in [2.24, 2.45) is 5.92 Å². The fourth-order valence-corrected chi connectivity index (χ4v) is 5.28. The highest BCUT2D eigenvalue weighted by Gasteiger charge is 2.27. The van der Waals surface area contributed by atoms with Crippen LogP contribution >= 0.6 is 0 Å². The Bertz CT molecular complexity index is 1250. The van der Waals surface area contributed by atoms with E-state index in [1.807, 2.05) is 6.07 Å². The van der Waals surface area contributed by atoms with Crippen molar-refractivity contribution < 1.29 is 17.9 Å². The second-order valence-electron chi connectivity index (χ2n) is 9.45. The molecule has 3 heterocycles. The molecule has 3 aromatic rings. The number of ketones is 1. The Kier molecular flexibility index (Phi) is 5.94. The lowest BCUT2D eigenvalue weighted by Gasteiger charge is -2.26. The molecular formula is C24H29N3O4S. The predicted molar refractivity (Wildman–Crippen MR) is 122 cm³/mol. The first-order valence-corrected chi connectivity index (χ1v) is 12.4. The zero-order valence-corrected chi connectivity index (χ0v) is 19.8. The molecule has 0 saturated carbocycles. The van der Waals surface area contributed by atoms with Crippen molar-refractivity contribution in [2.45, 2.75) is 62.4 Å². The molecule has 4 rings (SSSR count). The Hall–Kier alpha value is -2.58. The molecule has 170 valence electrons. The molecule has 8 heteroatoms. The number of aromatic nitrogens is 3. The first-order valence-electron chi connectivity index (χ1n) is 10.9. The second kappa shape index (κ2) is 8.41. The van der Waals surface area contributed by atoms with E-state index in [1.165, 1.54) is 25.3 Å². The standard InChI is InChI=1S/C24H29N3O4S/c1-16(28)18-5-8-22(25-14-18)32(29,30)19-6-7-21-20(13-19)26-23(24(2,3)4)27(21)15-17-9-11-31-12-10-17/h5-8,13-14,17H,9-12,15H2,1-4H3. The van der Waals surface area contributed by atoms with Gasteiger partial charge in [0.2, 0.25) is 9.84 Å². The lowest BCUT2D eigenvalue weighted by atomic mass is 9.94. The number of sulfone groups is 1. The van der Waals surface area contributed by atoms with Gasteiger partial charge >= 0.3 is 0 Å². The van der Waals surface area contributed by atoms with Crippen LogP contribution in [-0.4, -0.2) is 41.9 Å². The van der Waals surface area contributed by atoms with Crippen LogP contribution in [0.4, 0.5) is 0 Å². The summed E-state index contributed by atoms with van der Waals surface area (Å²) in [4.78, 5) is 20.5. The van der Waals surface area contributed by atoms with Crippen LogP contribution in [0.1, 0.15) is 56.7 Å². The molecule has 0 aliphatic carbocycles. The second-order valence-corrected chi connectivity index (χ2v) is 11.3. The number of carbonyl (C=O) groups is 1.